The second kappa shape index (κ2) is 7.79. The smallest absolute Gasteiger partial charge is 0.359 e. The molecular formula is C22H19F5N4. The van der Waals surface area contributed by atoms with Crippen LogP contribution in [0.2, 0.25) is 0 Å². The third-order valence-corrected chi connectivity index (χ3v) is 5.53. The first-order chi connectivity index (χ1) is 14.7. The molecule has 1 aliphatic heterocycles. The number of pyridine rings is 1. The summed E-state index contributed by atoms with van der Waals surface area (Å²) in [7, 11) is 1.64. The summed E-state index contributed by atoms with van der Waals surface area (Å²) in [6.07, 6.45) is -1.92. The molecule has 1 fully saturated rings. The molecule has 9 heteroatoms. The molecule has 0 spiro atoms. The third kappa shape index (κ3) is 3.92. The Morgan fingerprint density at radius 2 is 1.94 bits per heavy atom. The van der Waals surface area contributed by atoms with Crippen molar-refractivity contribution in [2.24, 2.45) is 4.99 Å². The second-order valence-corrected chi connectivity index (χ2v) is 7.37. The molecule has 3 aromatic rings. The maximum absolute atomic E-state index is 14.5. The zero-order valence-corrected chi connectivity index (χ0v) is 16.8. The standard InChI is InChI=1S/C22H19F5N4/c1-12(14-7-13-3-5-29-20(13)17(23)8-14)16-11-31(6-4-19(16)28-2)21-18(24)9-15(10-30-21)22(25,26)27/h3,5,7-10,29H,4,6,11H2,1-2H3/b16-12+,28-19?. The molecule has 1 saturated heterocycles. The molecule has 3 heterocycles. The molecule has 1 aromatic carbocycles. The molecule has 0 bridgehead atoms. The van der Waals surface area contributed by atoms with Gasteiger partial charge in [0.2, 0.25) is 0 Å². The molecule has 1 N–H and O–H groups in total. The predicted molar refractivity (Wildman–Crippen MR) is 110 cm³/mol. The van der Waals surface area contributed by atoms with Crippen LogP contribution in [0.5, 0.6) is 0 Å². The van der Waals surface area contributed by atoms with Crippen LogP contribution in [0, 0.1) is 11.6 Å². The van der Waals surface area contributed by atoms with E-state index in [9.17, 15) is 22.0 Å². The molecule has 4 rings (SSSR count). The number of aromatic amines is 1. The number of nitrogens with zero attached hydrogens (tertiary/aromatic N) is 3. The van der Waals surface area contributed by atoms with Crippen LogP contribution in [0.4, 0.5) is 27.8 Å². The molecule has 0 saturated carbocycles. The largest absolute Gasteiger partial charge is 0.417 e. The molecule has 0 aliphatic carbocycles. The van der Waals surface area contributed by atoms with Gasteiger partial charge in [0.1, 0.15) is 5.82 Å². The molecule has 0 radical (unpaired) electrons. The van der Waals surface area contributed by atoms with E-state index >= 15 is 0 Å². The van der Waals surface area contributed by atoms with E-state index in [2.05, 4.69) is 15.0 Å². The number of rotatable bonds is 2. The highest BCUT2D eigenvalue weighted by Gasteiger charge is 2.33. The average molecular weight is 434 g/mol. The Morgan fingerprint density at radius 1 is 1.16 bits per heavy atom. The molecular weight excluding hydrogens is 415 g/mol. The van der Waals surface area contributed by atoms with Crippen LogP contribution in [-0.2, 0) is 6.18 Å². The minimum Gasteiger partial charge on any atom is -0.359 e. The molecule has 0 unspecified atom stereocenters. The lowest BCUT2D eigenvalue weighted by Crippen LogP contribution is -2.37. The van der Waals surface area contributed by atoms with E-state index in [1.165, 1.54) is 6.07 Å². The van der Waals surface area contributed by atoms with Gasteiger partial charge >= 0.3 is 6.18 Å². The minimum absolute atomic E-state index is 0.152. The van der Waals surface area contributed by atoms with E-state index < -0.39 is 23.4 Å². The topological polar surface area (TPSA) is 44.3 Å². The number of aromatic nitrogens is 2. The zero-order chi connectivity index (χ0) is 22.3. The van der Waals surface area contributed by atoms with Gasteiger partial charge in [-0.05, 0) is 47.9 Å². The van der Waals surface area contributed by atoms with Crippen LogP contribution in [0.15, 0.2) is 47.2 Å². The van der Waals surface area contributed by atoms with Crippen LogP contribution in [0.1, 0.15) is 24.5 Å². The van der Waals surface area contributed by atoms with Crippen LogP contribution >= 0.6 is 0 Å². The number of fused-ring (bicyclic) bond motifs is 1. The highest BCUT2D eigenvalue weighted by Crippen LogP contribution is 2.33. The SMILES string of the molecule is CN=C1CCN(c2ncc(C(F)(F)F)cc2F)C/C1=C(/C)c1cc(F)c2[nH]ccc2c1. The summed E-state index contributed by atoms with van der Waals surface area (Å²) in [6.45, 7) is 2.37. The number of aliphatic imine (C=N–C) groups is 1. The number of hydrogen-bond donors (Lipinski definition) is 1. The molecule has 0 amide bonds. The molecule has 31 heavy (non-hydrogen) atoms. The van der Waals surface area contributed by atoms with E-state index in [1.54, 1.807) is 24.2 Å². The van der Waals surface area contributed by atoms with Gasteiger partial charge in [0.15, 0.2) is 11.6 Å². The summed E-state index contributed by atoms with van der Waals surface area (Å²) in [5, 5.41) is 0.716. The Morgan fingerprint density at radius 3 is 2.61 bits per heavy atom. The number of piperidine rings is 1. The molecule has 0 atom stereocenters. The lowest BCUT2D eigenvalue weighted by Gasteiger charge is -2.32. The van der Waals surface area contributed by atoms with Crippen molar-refractivity contribution >= 4 is 28.0 Å². The Kier molecular flexibility index (Phi) is 5.28. The molecule has 2 aromatic heterocycles. The Balaban J connectivity index is 1.73. The normalized spacial score (nSPS) is 18.2. The number of nitrogens with one attached hydrogen (secondary N) is 1. The number of H-pyrrole nitrogens is 1. The fourth-order valence-corrected chi connectivity index (χ4v) is 3.85. The van der Waals surface area contributed by atoms with Crippen molar-refractivity contribution in [2.75, 3.05) is 25.0 Å². The van der Waals surface area contributed by atoms with Crippen molar-refractivity contribution < 1.29 is 22.0 Å². The van der Waals surface area contributed by atoms with Gasteiger partial charge in [-0.1, -0.05) is 0 Å². The highest BCUT2D eigenvalue weighted by molar-refractivity contribution is 6.08. The third-order valence-electron chi connectivity index (χ3n) is 5.53. The monoisotopic (exact) mass is 434 g/mol. The van der Waals surface area contributed by atoms with E-state index in [0.29, 0.717) is 41.7 Å². The van der Waals surface area contributed by atoms with Crippen molar-refractivity contribution in [3.05, 3.63) is 65.0 Å². The van der Waals surface area contributed by atoms with Crippen molar-refractivity contribution in [1.29, 1.82) is 0 Å². The minimum atomic E-state index is -4.67. The quantitative estimate of drug-likeness (QED) is 0.533. The first-order valence-corrected chi connectivity index (χ1v) is 9.59. The number of benzene rings is 1. The van der Waals surface area contributed by atoms with Gasteiger partial charge in [0.05, 0.1) is 11.1 Å². The molecule has 162 valence electrons. The number of halogens is 5. The van der Waals surface area contributed by atoms with Gasteiger partial charge in [-0.2, -0.15) is 13.2 Å². The highest BCUT2D eigenvalue weighted by atomic mass is 19.4. The van der Waals surface area contributed by atoms with E-state index in [-0.39, 0.29) is 12.4 Å². The molecule has 4 nitrogen and oxygen atoms in total. The number of hydrogen-bond acceptors (Lipinski definition) is 3. The van der Waals surface area contributed by atoms with Gasteiger partial charge < -0.3 is 9.88 Å². The first-order valence-electron chi connectivity index (χ1n) is 9.59. The average Bonchev–Trinajstić information content (AvgIpc) is 3.21. The van der Waals surface area contributed by atoms with Crippen LogP contribution in [0.25, 0.3) is 16.5 Å². The first kappa shape index (κ1) is 21.0. The van der Waals surface area contributed by atoms with Gasteiger partial charge in [-0.25, -0.2) is 13.8 Å². The van der Waals surface area contributed by atoms with Gasteiger partial charge in [0, 0.05) is 50.0 Å². The summed E-state index contributed by atoms with van der Waals surface area (Å²) in [5.74, 6) is -1.58. The van der Waals surface area contributed by atoms with E-state index in [0.717, 1.165) is 16.9 Å². The lowest BCUT2D eigenvalue weighted by atomic mass is 9.92. The zero-order valence-electron chi connectivity index (χ0n) is 16.8. The van der Waals surface area contributed by atoms with E-state index in [4.69, 9.17) is 0 Å². The number of alkyl halides is 3. The Bertz CT molecular complexity index is 1210. The summed E-state index contributed by atoms with van der Waals surface area (Å²) in [5.41, 5.74) is 2.25. The van der Waals surface area contributed by atoms with Crippen molar-refractivity contribution in [3.63, 3.8) is 0 Å². The maximum atomic E-state index is 14.5. The Hall–Kier alpha value is -3.23. The summed E-state index contributed by atoms with van der Waals surface area (Å²) in [6, 6.07) is 5.49. The number of allylic oxidation sites excluding steroid dienone is 1. The van der Waals surface area contributed by atoms with Gasteiger partial charge in [0.25, 0.3) is 0 Å². The second-order valence-electron chi connectivity index (χ2n) is 7.37. The van der Waals surface area contributed by atoms with Gasteiger partial charge in [-0.15, -0.1) is 0 Å². The Labute approximate surface area is 175 Å². The van der Waals surface area contributed by atoms with E-state index in [1.807, 2.05) is 13.0 Å². The summed E-state index contributed by atoms with van der Waals surface area (Å²) >= 11 is 0. The predicted octanol–water partition coefficient (Wildman–Crippen LogP) is 5.61. The maximum Gasteiger partial charge on any atom is 0.417 e. The fourth-order valence-electron chi connectivity index (χ4n) is 3.85. The van der Waals surface area contributed by atoms with Gasteiger partial charge in [-0.3, -0.25) is 4.99 Å². The van der Waals surface area contributed by atoms with Crippen LogP contribution in [-0.4, -0.2) is 35.8 Å². The summed E-state index contributed by atoms with van der Waals surface area (Å²) < 4.78 is 67.5. The van der Waals surface area contributed by atoms with Crippen LogP contribution < -0.4 is 4.90 Å². The van der Waals surface area contributed by atoms with Crippen molar-refractivity contribution in [3.8, 4) is 0 Å². The lowest BCUT2D eigenvalue weighted by molar-refractivity contribution is -0.138. The van der Waals surface area contributed by atoms with Crippen LogP contribution in [0.3, 0.4) is 0 Å². The van der Waals surface area contributed by atoms with Crippen molar-refractivity contribution in [1.82, 2.24) is 9.97 Å². The van der Waals surface area contributed by atoms with Crippen molar-refractivity contribution in [2.45, 2.75) is 19.5 Å². The molecule has 1 aliphatic rings. The summed E-state index contributed by atoms with van der Waals surface area (Å²) in [4.78, 5) is 12.5. The fraction of sp³-hybridized carbons (Fsp3) is 0.273. The number of anilines is 1.